The predicted octanol–water partition coefficient (Wildman–Crippen LogP) is 3.57. The van der Waals surface area contributed by atoms with Crippen molar-refractivity contribution in [3.63, 3.8) is 0 Å². The van der Waals surface area contributed by atoms with Crippen LogP contribution < -0.4 is 4.90 Å². The third kappa shape index (κ3) is 3.09. The van der Waals surface area contributed by atoms with Crippen LogP contribution in [0.3, 0.4) is 0 Å². The first kappa shape index (κ1) is 13.8. The highest BCUT2D eigenvalue weighted by molar-refractivity contribution is 5.94. The normalized spacial score (nSPS) is 14.6. The molecule has 2 heteroatoms. The molecule has 0 aliphatic carbocycles. The molecule has 0 saturated heterocycles. The van der Waals surface area contributed by atoms with Crippen molar-refractivity contribution in [2.75, 3.05) is 11.9 Å². The van der Waals surface area contributed by atoms with Gasteiger partial charge in [-0.25, -0.2) is 0 Å². The summed E-state index contributed by atoms with van der Waals surface area (Å²) < 4.78 is 0. The van der Waals surface area contributed by atoms with Crippen LogP contribution in [0.5, 0.6) is 0 Å². The Balaban J connectivity index is 0.000000686. The molecule has 1 aliphatic rings. The van der Waals surface area contributed by atoms with Crippen molar-refractivity contribution < 1.29 is 4.79 Å². The van der Waals surface area contributed by atoms with Gasteiger partial charge in [0, 0.05) is 19.2 Å². The van der Waals surface area contributed by atoms with Crippen LogP contribution in [-0.4, -0.2) is 13.0 Å². The van der Waals surface area contributed by atoms with Gasteiger partial charge >= 0.3 is 0 Å². The van der Waals surface area contributed by atoms with Gasteiger partial charge in [-0.05, 0) is 36.5 Å². The average Bonchev–Trinajstić information content (AvgIpc) is 2.52. The maximum atomic E-state index is 11.7. The fourth-order valence-corrected chi connectivity index (χ4v) is 2.09. The molecular formula is C15H23NO. The molecule has 1 aliphatic heterocycles. The lowest BCUT2D eigenvalue weighted by Crippen LogP contribution is -2.25. The van der Waals surface area contributed by atoms with E-state index in [-0.39, 0.29) is 5.91 Å². The summed E-state index contributed by atoms with van der Waals surface area (Å²) in [7, 11) is 1.88. The van der Waals surface area contributed by atoms with Crippen molar-refractivity contribution in [2.45, 2.75) is 46.5 Å². The van der Waals surface area contributed by atoms with E-state index in [9.17, 15) is 4.79 Å². The monoisotopic (exact) mass is 233 g/mol. The van der Waals surface area contributed by atoms with Crippen LogP contribution in [0.4, 0.5) is 5.69 Å². The van der Waals surface area contributed by atoms with Crippen molar-refractivity contribution in [1.29, 1.82) is 0 Å². The van der Waals surface area contributed by atoms with E-state index in [0.29, 0.717) is 6.42 Å². The van der Waals surface area contributed by atoms with E-state index < -0.39 is 0 Å². The Morgan fingerprint density at radius 1 is 1.24 bits per heavy atom. The number of carbonyl (C=O) groups excluding carboxylic acids is 1. The number of hydrogen-bond donors (Lipinski definition) is 0. The van der Waals surface area contributed by atoms with Gasteiger partial charge in [0.25, 0.3) is 0 Å². The molecule has 1 amide bonds. The lowest BCUT2D eigenvalue weighted by molar-refractivity contribution is -0.118. The lowest BCUT2D eigenvalue weighted by atomic mass is 10.0. The summed E-state index contributed by atoms with van der Waals surface area (Å²) >= 11 is 0. The van der Waals surface area contributed by atoms with Crippen LogP contribution in [0.2, 0.25) is 0 Å². The number of nitrogens with zero attached hydrogens (tertiary/aromatic N) is 1. The molecule has 0 atom stereocenters. The van der Waals surface area contributed by atoms with Gasteiger partial charge in [-0.1, -0.05) is 32.9 Å². The fraction of sp³-hybridized carbons (Fsp3) is 0.533. The summed E-state index contributed by atoms with van der Waals surface area (Å²) in [6.45, 7) is 6.14. The molecule has 1 aromatic carbocycles. The summed E-state index contributed by atoms with van der Waals surface area (Å²) in [5.74, 6) is 0.238. The molecule has 0 saturated carbocycles. The third-order valence-electron chi connectivity index (χ3n) is 3.13. The van der Waals surface area contributed by atoms with Gasteiger partial charge < -0.3 is 4.90 Å². The summed E-state index contributed by atoms with van der Waals surface area (Å²) in [6.07, 6.45) is 3.69. The van der Waals surface area contributed by atoms with Gasteiger partial charge in [0.2, 0.25) is 5.91 Å². The van der Waals surface area contributed by atoms with E-state index in [1.54, 1.807) is 0 Å². The lowest BCUT2D eigenvalue weighted by Gasteiger charge is -2.18. The second kappa shape index (κ2) is 6.43. The fourth-order valence-electron chi connectivity index (χ4n) is 2.09. The van der Waals surface area contributed by atoms with Gasteiger partial charge in [0.15, 0.2) is 0 Å². The Hall–Kier alpha value is -1.31. The number of fused-ring (bicyclic) bond motifs is 1. The van der Waals surface area contributed by atoms with Crippen molar-refractivity contribution in [1.82, 2.24) is 0 Å². The number of rotatable bonds is 1. The number of anilines is 1. The SMILES string of the molecule is CC.CCc1ccc2c(c1)N(C)C(=O)CCC2. The minimum Gasteiger partial charge on any atom is -0.315 e. The standard InChI is InChI=1S/C13H17NO.C2H6/c1-3-10-7-8-11-5-4-6-13(15)14(2)12(11)9-10;1-2/h7-9H,3-6H2,1-2H3;1-2H3. The van der Waals surface area contributed by atoms with E-state index >= 15 is 0 Å². The highest BCUT2D eigenvalue weighted by Crippen LogP contribution is 2.27. The molecule has 0 unspecified atom stereocenters. The minimum absolute atomic E-state index is 0.238. The Labute approximate surface area is 105 Å². The van der Waals surface area contributed by atoms with Crippen LogP contribution in [-0.2, 0) is 17.6 Å². The zero-order chi connectivity index (χ0) is 12.8. The van der Waals surface area contributed by atoms with E-state index in [1.165, 1.54) is 11.1 Å². The van der Waals surface area contributed by atoms with Crippen molar-refractivity contribution in [3.8, 4) is 0 Å². The number of carbonyl (C=O) groups is 1. The molecule has 0 aromatic heterocycles. The number of hydrogen-bond acceptors (Lipinski definition) is 1. The Morgan fingerprint density at radius 2 is 1.94 bits per heavy atom. The van der Waals surface area contributed by atoms with Crippen molar-refractivity contribution in [3.05, 3.63) is 29.3 Å². The molecule has 2 rings (SSSR count). The van der Waals surface area contributed by atoms with Crippen molar-refractivity contribution >= 4 is 11.6 Å². The molecule has 17 heavy (non-hydrogen) atoms. The molecular weight excluding hydrogens is 210 g/mol. The molecule has 0 radical (unpaired) electrons. The molecule has 0 spiro atoms. The number of aryl methyl sites for hydroxylation is 2. The highest BCUT2D eigenvalue weighted by atomic mass is 16.2. The van der Waals surface area contributed by atoms with E-state index in [0.717, 1.165) is 24.9 Å². The quantitative estimate of drug-likeness (QED) is 0.726. The van der Waals surface area contributed by atoms with Gasteiger partial charge in [-0.2, -0.15) is 0 Å². The van der Waals surface area contributed by atoms with Crippen LogP contribution in [0.15, 0.2) is 18.2 Å². The largest absolute Gasteiger partial charge is 0.315 e. The number of benzene rings is 1. The smallest absolute Gasteiger partial charge is 0.226 e. The second-order valence-electron chi connectivity index (χ2n) is 4.12. The summed E-state index contributed by atoms with van der Waals surface area (Å²) in [6, 6.07) is 6.49. The van der Waals surface area contributed by atoms with Crippen molar-refractivity contribution in [2.24, 2.45) is 0 Å². The molecule has 2 nitrogen and oxygen atoms in total. The first-order valence-corrected chi connectivity index (χ1v) is 6.60. The third-order valence-corrected chi connectivity index (χ3v) is 3.13. The van der Waals surface area contributed by atoms with Crippen LogP contribution >= 0.6 is 0 Å². The van der Waals surface area contributed by atoms with E-state index in [2.05, 4.69) is 25.1 Å². The predicted molar refractivity (Wildman–Crippen MR) is 73.5 cm³/mol. The van der Waals surface area contributed by atoms with Crippen LogP contribution in [0.1, 0.15) is 44.7 Å². The van der Waals surface area contributed by atoms with Gasteiger partial charge in [0.1, 0.15) is 0 Å². The summed E-state index contributed by atoms with van der Waals surface area (Å²) in [5, 5.41) is 0. The Kier molecular flexibility index (Phi) is 5.20. The molecule has 0 N–H and O–H groups in total. The molecule has 0 fully saturated rings. The zero-order valence-corrected chi connectivity index (χ0v) is 11.4. The van der Waals surface area contributed by atoms with Gasteiger partial charge in [-0.3, -0.25) is 4.79 Å². The highest BCUT2D eigenvalue weighted by Gasteiger charge is 2.18. The maximum absolute atomic E-state index is 11.7. The average molecular weight is 233 g/mol. The Morgan fingerprint density at radius 3 is 2.59 bits per heavy atom. The summed E-state index contributed by atoms with van der Waals surface area (Å²) in [5.41, 5.74) is 3.72. The van der Waals surface area contributed by atoms with Crippen LogP contribution in [0.25, 0.3) is 0 Å². The van der Waals surface area contributed by atoms with E-state index in [4.69, 9.17) is 0 Å². The number of amides is 1. The minimum atomic E-state index is 0.238. The molecule has 0 bridgehead atoms. The van der Waals surface area contributed by atoms with Gasteiger partial charge in [0.05, 0.1) is 0 Å². The molecule has 94 valence electrons. The zero-order valence-electron chi connectivity index (χ0n) is 11.4. The van der Waals surface area contributed by atoms with Crippen LogP contribution in [0, 0.1) is 0 Å². The van der Waals surface area contributed by atoms with E-state index in [1.807, 2.05) is 25.8 Å². The van der Waals surface area contributed by atoms with Gasteiger partial charge in [-0.15, -0.1) is 0 Å². The maximum Gasteiger partial charge on any atom is 0.226 e. The topological polar surface area (TPSA) is 20.3 Å². The molecule has 1 aromatic rings. The Bertz CT molecular complexity index is 385. The first-order valence-electron chi connectivity index (χ1n) is 6.60. The summed E-state index contributed by atoms with van der Waals surface area (Å²) in [4.78, 5) is 13.5. The second-order valence-corrected chi connectivity index (χ2v) is 4.12. The molecule has 1 heterocycles. The first-order chi connectivity index (χ1) is 8.22.